The minimum Gasteiger partial charge on any atom is -0.465 e. The summed E-state index contributed by atoms with van der Waals surface area (Å²) in [6.45, 7) is 0.446. The number of benzene rings is 2. The molecule has 0 atom stereocenters. The van der Waals surface area contributed by atoms with Crippen molar-refractivity contribution in [2.75, 3.05) is 12.4 Å². The van der Waals surface area contributed by atoms with Crippen molar-refractivity contribution in [1.82, 2.24) is 0 Å². The summed E-state index contributed by atoms with van der Waals surface area (Å²) < 4.78 is 17.9. The molecule has 2 aromatic rings. The maximum atomic E-state index is 13.2. The van der Waals surface area contributed by atoms with Crippen LogP contribution in [0.5, 0.6) is 0 Å². The van der Waals surface area contributed by atoms with Gasteiger partial charge in [-0.2, -0.15) is 5.26 Å². The second kappa shape index (κ2) is 6.53. The molecule has 0 aliphatic carbocycles. The Morgan fingerprint density at radius 2 is 2.00 bits per heavy atom. The maximum absolute atomic E-state index is 13.2. The van der Waals surface area contributed by atoms with E-state index >= 15 is 0 Å². The van der Waals surface area contributed by atoms with Crippen LogP contribution in [0.4, 0.5) is 10.1 Å². The fourth-order valence-electron chi connectivity index (χ4n) is 1.84. The quantitative estimate of drug-likeness (QED) is 0.876. The number of rotatable bonds is 4. The van der Waals surface area contributed by atoms with Crippen LogP contribution in [0.2, 0.25) is 0 Å². The van der Waals surface area contributed by atoms with Gasteiger partial charge in [-0.1, -0.05) is 12.1 Å². The Morgan fingerprint density at radius 1 is 1.29 bits per heavy atom. The summed E-state index contributed by atoms with van der Waals surface area (Å²) in [5.74, 6) is -1.10. The van der Waals surface area contributed by atoms with E-state index < -0.39 is 11.8 Å². The van der Waals surface area contributed by atoms with Crippen molar-refractivity contribution >= 4 is 11.7 Å². The van der Waals surface area contributed by atoms with Crippen LogP contribution >= 0.6 is 0 Å². The van der Waals surface area contributed by atoms with Gasteiger partial charge in [0.05, 0.1) is 24.3 Å². The number of hydrogen-bond acceptors (Lipinski definition) is 4. The summed E-state index contributed by atoms with van der Waals surface area (Å²) in [7, 11) is 1.25. The van der Waals surface area contributed by atoms with Crippen LogP contribution in [-0.2, 0) is 11.3 Å². The molecule has 0 saturated heterocycles. The molecule has 4 nitrogen and oxygen atoms in total. The van der Waals surface area contributed by atoms with Gasteiger partial charge in [0, 0.05) is 12.2 Å². The Labute approximate surface area is 121 Å². The van der Waals surface area contributed by atoms with Gasteiger partial charge >= 0.3 is 5.97 Å². The lowest BCUT2D eigenvalue weighted by Gasteiger charge is -2.11. The van der Waals surface area contributed by atoms with Gasteiger partial charge in [-0.15, -0.1) is 0 Å². The Kier molecular flexibility index (Phi) is 4.52. The Bertz CT molecular complexity index is 690. The van der Waals surface area contributed by atoms with Crippen LogP contribution in [0.15, 0.2) is 42.5 Å². The maximum Gasteiger partial charge on any atom is 0.340 e. The van der Waals surface area contributed by atoms with Crippen molar-refractivity contribution in [1.29, 1.82) is 5.26 Å². The van der Waals surface area contributed by atoms with Gasteiger partial charge in [0.25, 0.3) is 0 Å². The van der Waals surface area contributed by atoms with Crippen molar-refractivity contribution < 1.29 is 13.9 Å². The molecule has 0 aliphatic rings. The summed E-state index contributed by atoms with van der Waals surface area (Å²) >= 11 is 0. The molecule has 0 aromatic heterocycles. The molecule has 0 fully saturated rings. The van der Waals surface area contributed by atoms with Gasteiger partial charge in [0.15, 0.2) is 0 Å². The van der Waals surface area contributed by atoms with Crippen molar-refractivity contribution in [2.45, 2.75) is 6.54 Å². The van der Waals surface area contributed by atoms with E-state index in [0.717, 1.165) is 11.6 Å². The highest BCUT2D eigenvalue weighted by Gasteiger charge is 2.12. The van der Waals surface area contributed by atoms with E-state index in [9.17, 15) is 9.18 Å². The zero-order valence-electron chi connectivity index (χ0n) is 11.4. The highest BCUT2D eigenvalue weighted by molar-refractivity contribution is 5.95. The number of halogens is 1. The smallest absolute Gasteiger partial charge is 0.340 e. The van der Waals surface area contributed by atoms with Crippen LogP contribution < -0.4 is 5.32 Å². The van der Waals surface area contributed by atoms with E-state index in [0.29, 0.717) is 17.8 Å². The zero-order valence-corrected chi connectivity index (χ0v) is 11.4. The number of carbonyl (C=O) groups excluding carboxylic acids is 1. The van der Waals surface area contributed by atoms with Gasteiger partial charge in [-0.05, 0) is 35.9 Å². The second-order valence-electron chi connectivity index (χ2n) is 4.34. The highest BCUT2D eigenvalue weighted by Crippen LogP contribution is 2.19. The number of nitrogens with zero attached hydrogens (tertiary/aromatic N) is 1. The van der Waals surface area contributed by atoms with E-state index in [-0.39, 0.29) is 5.56 Å². The Hall–Kier alpha value is -2.87. The molecule has 0 bridgehead atoms. The van der Waals surface area contributed by atoms with Gasteiger partial charge in [-0.25, -0.2) is 9.18 Å². The Balaban J connectivity index is 2.15. The minimum atomic E-state index is -0.600. The molecule has 0 amide bonds. The first kappa shape index (κ1) is 14.5. The molecule has 0 unspecified atom stereocenters. The van der Waals surface area contributed by atoms with E-state index in [1.54, 1.807) is 12.1 Å². The Morgan fingerprint density at radius 3 is 2.62 bits per heavy atom. The normalized spacial score (nSPS) is 9.76. The third-order valence-electron chi connectivity index (χ3n) is 2.95. The van der Waals surface area contributed by atoms with Crippen LogP contribution in [0, 0.1) is 17.1 Å². The number of methoxy groups -OCH3 is 1. The molecular weight excluding hydrogens is 271 g/mol. The van der Waals surface area contributed by atoms with Gasteiger partial charge in [-0.3, -0.25) is 0 Å². The van der Waals surface area contributed by atoms with Crippen molar-refractivity contribution in [2.24, 2.45) is 0 Å². The molecular formula is C16H13FN2O2. The second-order valence-corrected chi connectivity index (χ2v) is 4.34. The SMILES string of the molecule is COC(=O)c1cc(F)ccc1NCc1ccc(C#N)cc1. The lowest BCUT2D eigenvalue weighted by atomic mass is 10.1. The first-order valence-electron chi connectivity index (χ1n) is 6.25. The number of nitrogens with one attached hydrogen (secondary N) is 1. The number of nitriles is 1. The molecule has 106 valence electrons. The predicted octanol–water partition coefficient (Wildman–Crippen LogP) is 3.10. The molecule has 2 aromatic carbocycles. The first-order valence-corrected chi connectivity index (χ1v) is 6.25. The van der Waals surface area contributed by atoms with Crippen molar-refractivity contribution in [3.8, 4) is 6.07 Å². The predicted molar refractivity (Wildman–Crippen MR) is 76.2 cm³/mol. The molecule has 21 heavy (non-hydrogen) atoms. The highest BCUT2D eigenvalue weighted by atomic mass is 19.1. The van der Waals surface area contributed by atoms with Gasteiger partial charge < -0.3 is 10.1 Å². The lowest BCUT2D eigenvalue weighted by molar-refractivity contribution is 0.0601. The van der Waals surface area contributed by atoms with Crippen LogP contribution in [0.1, 0.15) is 21.5 Å². The molecule has 1 N–H and O–H groups in total. The van der Waals surface area contributed by atoms with E-state index in [1.165, 1.54) is 19.2 Å². The summed E-state index contributed by atoms with van der Waals surface area (Å²) in [5, 5.41) is 11.8. The average Bonchev–Trinajstić information content (AvgIpc) is 2.53. The van der Waals surface area contributed by atoms with Gasteiger partial charge in [0.2, 0.25) is 0 Å². The van der Waals surface area contributed by atoms with Crippen molar-refractivity contribution in [3.63, 3.8) is 0 Å². The number of hydrogen-bond donors (Lipinski definition) is 1. The van der Waals surface area contributed by atoms with Crippen molar-refractivity contribution in [3.05, 3.63) is 65.0 Å². The molecule has 0 aliphatic heterocycles. The molecule has 5 heteroatoms. The standard InChI is InChI=1S/C16H13FN2O2/c1-21-16(20)14-8-13(17)6-7-15(14)19-10-12-4-2-11(9-18)3-5-12/h2-8,19H,10H2,1H3. The van der Waals surface area contributed by atoms with Crippen LogP contribution in [-0.4, -0.2) is 13.1 Å². The fourth-order valence-corrected chi connectivity index (χ4v) is 1.84. The molecule has 0 heterocycles. The molecule has 2 rings (SSSR count). The summed E-state index contributed by atoms with van der Waals surface area (Å²) in [4.78, 5) is 11.6. The molecule has 0 saturated carbocycles. The average molecular weight is 284 g/mol. The summed E-state index contributed by atoms with van der Waals surface area (Å²) in [6, 6.07) is 13.0. The first-order chi connectivity index (χ1) is 10.1. The van der Waals surface area contributed by atoms with Crippen LogP contribution in [0.25, 0.3) is 0 Å². The minimum absolute atomic E-state index is 0.145. The topological polar surface area (TPSA) is 62.1 Å². The third-order valence-corrected chi connectivity index (χ3v) is 2.95. The number of ether oxygens (including phenoxy) is 1. The zero-order chi connectivity index (χ0) is 15.2. The van der Waals surface area contributed by atoms with E-state index in [4.69, 9.17) is 5.26 Å². The monoisotopic (exact) mass is 284 g/mol. The van der Waals surface area contributed by atoms with Gasteiger partial charge in [0.1, 0.15) is 5.82 Å². The summed E-state index contributed by atoms with van der Waals surface area (Å²) in [6.07, 6.45) is 0. The third kappa shape index (κ3) is 3.57. The lowest BCUT2D eigenvalue weighted by Crippen LogP contribution is -2.08. The number of esters is 1. The largest absolute Gasteiger partial charge is 0.465 e. The van der Waals surface area contributed by atoms with E-state index in [1.807, 2.05) is 18.2 Å². The molecule has 0 spiro atoms. The number of carbonyl (C=O) groups is 1. The van der Waals surface area contributed by atoms with Crippen LogP contribution in [0.3, 0.4) is 0 Å². The fraction of sp³-hybridized carbons (Fsp3) is 0.125. The summed E-state index contributed by atoms with van der Waals surface area (Å²) in [5.41, 5.74) is 2.16. The molecule has 0 radical (unpaired) electrons. The van der Waals surface area contributed by atoms with E-state index in [2.05, 4.69) is 10.1 Å². The number of anilines is 1.